The Morgan fingerprint density at radius 2 is 2.06 bits per heavy atom. The van der Waals surface area contributed by atoms with Crippen molar-refractivity contribution >= 4 is 6.08 Å². The molecule has 0 unspecified atom stereocenters. The lowest BCUT2D eigenvalue weighted by atomic mass is 10.1. The van der Waals surface area contributed by atoms with Gasteiger partial charge in [-0.25, -0.2) is 0 Å². The third kappa shape index (κ3) is 2.54. The van der Waals surface area contributed by atoms with Crippen LogP contribution in [0.1, 0.15) is 18.1 Å². The van der Waals surface area contributed by atoms with Crippen LogP contribution < -0.4 is 9.47 Å². The maximum Gasteiger partial charge on any atom is 0.129 e. The van der Waals surface area contributed by atoms with E-state index in [1.165, 1.54) is 6.08 Å². The Balaban J connectivity index is 3.32. The maximum absolute atomic E-state index is 8.54. The Hall–Kier alpha value is -1.95. The van der Waals surface area contributed by atoms with Crippen molar-refractivity contribution < 1.29 is 9.47 Å². The second-order valence-corrected chi connectivity index (χ2v) is 3.22. The van der Waals surface area contributed by atoms with Crippen LogP contribution in [0, 0.1) is 11.3 Å². The minimum absolute atomic E-state index is 0.773. The first-order chi connectivity index (χ1) is 7.76. The summed E-state index contributed by atoms with van der Waals surface area (Å²) in [6.07, 6.45) is 4.00. The lowest BCUT2D eigenvalue weighted by Crippen LogP contribution is -1.95. The van der Waals surface area contributed by atoms with Crippen LogP contribution in [0.3, 0.4) is 0 Å². The molecule has 0 amide bonds. The second kappa shape index (κ2) is 5.82. The van der Waals surface area contributed by atoms with Gasteiger partial charge in [0.25, 0.3) is 0 Å². The number of aryl methyl sites for hydroxylation is 1. The molecule has 0 radical (unpaired) electrons. The molecule has 3 heteroatoms. The largest absolute Gasteiger partial charge is 0.497 e. The molecule has 0 aromatic heterocycles. The van der Waals surface area contributed by atoms with Crippen LogP contribution >= 0.6 is 0 Å². The van der Waals surface area contributed by atoms with Gasteiger partial charge in [0.05, 0.1) is 20.3 Å². The molecule has 0 heterocycles. The van der Waals surface area contributed by atoms with E-state index < -0.39 is 0 Å². The number of nitriles is 1. The summed E-state index contributed by atoms with van der Waals surface area (Å²) < 4.78 is 10.6. The van der Waals surface area contributed by atoms with Crippen molar-refractivity contribution in [1.29, 1.82) is 5.26 Å². The number of nitrogens with zero attached hydrogens (tertiary/aromatic N) is 1. The highest BCUT2D eigenvalue weighted by Gasteiger charge is 2.08. The number of hydrogen-bond acceptors (Lipinski definition) is 3. The van der Waals surface area contributed by atoms with Gasteiger partial charge in [-0.15, -0.1) is 0 Å². The summed E-state index contributed by atoms with van der Waals surface area (Å²) in [5.74, 6) is 1.57. The Morgan fingerprint density at radius 3 is 2.56 bits per heavy atom. The van der Waals surface area contributed by atoms with Crippen LogP contribution in [-0.4, -0.2) is 14.2 Å². The molecular weight excluding hydrogens is 202 g/mol. The van der Waals surface area contributed by atoms with E-state index in [2.05, 4.69) is 6.92 Å². The molecule has 0 aliphatic heterocycles. The van der Waals surface area contributed by atoms with Gasteiger partial charge in [-0.05, 0) is 30.2 Å². The van der Waals surface area contributed by atoms with E-state index in [9.17, 15) is 0 Å². The first-order valence-corrected chi connectivity index (χ1v) is 5.07. The zero-order valence-electron chi connectivity index (χ0n) is 9.78. The SMILES string of the molecule is CCc1cc(OC)cc(C=CC#N)c1OC. The summed E-state index contributed by atoms with van der Waals surface area (Å²) in [6, 6.07) is 5.77. The van der Waals surface area contributed by atoms with Crippen LogP contribution in [0.15, 0.2) is 18.2 Å². The lowest BCUT2D eigenvalue weighted by Gasteiger charge is -2.12. The van der Waals surface area contributed by atoms with Gasteiger partial charge in [0.15, 0.2) is 0 Å². The summed E-state index contributed by atoms with van der Waals surface area (Å²) in [7, 11) is 3.25. The fraction of sp³-hybridized carbons (Fsp3) is 0.308. The minimum atomic E-state index is 0.773. The number of methoxy groups -OCH3 is 2. The molecule has 16 heavy (non-hydrogen) atoms. The summed E-state index contributed by atoms with van der Waals surface area (Å²) in [4.78, 5) is 0. The van der Waals surface area contributed by atoms with Gasteiger partial charge in [0.1, 0.15) is 11.5 Å². The van der Waals surface area contributed by atoms with E-state index >= 15 is 0 Å². The fourth-order valence-electron chi connectivity index (χ4n) is 1.56. The average molecular weight is 217 g/mol. The van der Waals surface area contributed by atoms with Crippen LogP contribution in [0.2, 0.25) is 0 Å². The van der Waals surface area contributed by atoms with Crippen LogP contribution in [0.5, 0.6) is 11.5 Å². The van der Waals surface area contributed by atoms with Crippen molar-refractivity contribution in [3.05, 3.63) is 29.3 Å². The number of rotatable bonds is 4. The summed E-state index contributed by atoms with van der Waals surface area (Å²) in [5, 5.41) is 8.54. The number of benzene rings is 1. The maximum atomic E-state index is 8.54. The highest BCUT2D eigenvalue weighted by molar-refractivity contribution is 5.63. The summed E-state index contributed by atoms with van der Waals surface area (Å²) >= 11 is 0. The Bertz CT molecular complexity index is 430. The van der Waals surface area contributed by atoms with Gasteiger partial charge in [-0.3, -0.25) is 0 Å². The van der Waals surface area contributed by atoms with Gasteiger partial charge in [0, 0.05) is 11.6 Å². The third-order valence-corrected chi connectivity index (χ3v) is 2.33. The minimum Gasteiger partial charge on any atom is -0.497 e. The average Bonchev–Trinajstić information content (AvgIpc) is 2.34. The molecule has 0 fully saturated rings. The molecule has 0 N–H and O–H groups in total. The van der Waals surface area contributed by atoms with Crippen LogP contribution in [-0.2, 0) is 6.42 Å². The van der Waals surface area contributed by atoms with E-state index in [1.54, 1.807) is 20.3 Å². The third-order valence-electron chi connectivity index (χ3n) is 2.33. The van der Waals surface area contributed by atoms with Crippen molar-refractivity contribution in [2.75, 3.05) is 14.2 Å². The molecule has 0 saturated carbocycles. The molecule has 3 nitrogen and oxygen atoms in total. The monoisotopic (exact) mass is 217 g/mol. The molecule has 0 atom stereocenters. The molecule has 0 aliphatic rings. The van der Waals surface area contributed by atoms with E-state index in [0.717, 1.165) is 29.0 Å². The number of allylic oxidation sites excluding steroid dienone is 1. The molecule has 1 aromatic rings. The van der Waals surface area contributed by atoms with E-state index in [1.807, 2.05) is 18.2 Å². The van der Waals surface area contributed by atoms with Crippen molar-refractivity contribution in [3.8, 4) is 17.6 Å². The molecule has 0 saturated heterocycles. The Morgan fingerprint density at radius 1 is 1.31 bits per heavy atom. The quantitative estimate of drug-likeness (QED) is 0.728. The van der Waals surface area contributed by atoms with Crippen molar-refractivity contribution in [2.24, 2.45) is 0 Å². The number of hydrogen-bond donors (Lipinski definition) is 0. The Kier molecular flexibility index (Phi) is 4.41. The van der Waals surface area contributed by atoms with Crippen molar-refractivity contribution in [1.82, 2.24) is 0 Å². The van der Waals surface area contributed by atoms with Crippen LogP contribution in [0.25, 0.3) is 6.08 Å². The van der Waals surface area contributed by atoms with Gasteiger partial charge in [-0.2, -0.15) is 5.26 Å². The highest BCUT2D eigenvalue weighted by Crippen LogP contribution is 2.30. The van der Waals surface area contributed by atoms with Crippen LogP contribution in [0.4, 0.5) is 0 Å². The number of ether oxygens (including phenoxy) is 2. The molecular formula is C13H15NO2. The second-order valence-electron chi connectivity index (χ2n) is 3.22. The molecule has 1 rings (SSSR count). The van der Waals surface area contributed by atoms with Crippen molar-refractivity contribution in [3.63, 3.8) is 0 Å². The standard InChI is InChI=1S/C13H15NO2/c1-4-10-8-12(15-2)9-11(6-5-7-14)13(10)16-3/h5-6,8-9H,4H2,1-3H3. The van der Waals surface area contributed by atoms with E-state index in [0.29, 0.717) is 0 Å². The molecule has 0 bridgehead atoms. The van der Waals surface area contributed by atoms with E-state index in [4.69, 9.17) is 14.7 Å². The predicted octanol–water partition coefficient (Wildman–Crippen LogP) is 2.80. The molecule has 84 valence electrons. The zero-order valence-corrected chi connectivity index (χ0v) is 9.78. The first-order valence-electron chi connectivity index (χ1n) is 5.07. The summed E-state index contributed by atoms with van der Waals surface area (Å²) in [6.45, 7) is 2.05. The van der Waals surface area contributed by atoms with E-state index in [-0.39, 0.29) is 0 Å². The molecule has 0 spiro atoms. The molecule has 0 aliphatic carbocycles. The normalized spacial score (nSPS) is 10.1. The van der Waals surface area contributed by atoms with Gasteiger partial charge >= 0.3 is 0 Å². The molecule has 1 aromatic carbocycles. The lowest BCUT2D eigenvalue weighted by molar-refractivity contribution is 0.398. The summed E-state index contributed by atoms with van der Waals surface area (Å²) in [5.41, 5.74) is 1.93. The fourth-order valence-corrected chi connectivity index (χ4v) is 1.56. The smallest absolute Gasteiger partial charge is 0.129 e. The van der Waals surface area contributed by atoms with Gasteiger partial charge in [-0.1, -0.05) is 6.92 Å². The Labute approximate surface area is 95.9 Å². The topological polar surface area (TPSA) is 42.2 Å². The van der Waals surface area contributed by atoms with Gasteiger partial charge < -0.3 is 9.47 Å². The first kappa shape index (κ1) is 12.1. The van der Waals surface area contributed by atoms with Crippen molar-refractivity contribution in [2.45, 2.75) is 13.3 Å². The predicted molar refractivity (Wildman–Crippen MR) is 63.6 cm³/mol. The highest BCUT2D eigenvalue weighted by atomic mass is 16.5. The zero-order chi connectivity index (χ0) is 12.0. The van der Waals surface area contributed by atoms with Gasteiger partial charge in [0.2, 0.25) is 0 Å².